The molecule has 0 aliphatic carbocycles. The fourth-order valence-electron chi connectivity index (χ4n) is 2.76. The van der Waals surface area contributed by atoms with Crippen LogP contribution in [0.5, 0.6) is 0 Å². The Labute approximate surface area is 119 Å². The Kier molecular flexibility index (Phi) is 2.52. The number of nitrogens with one attached hydrogen (secondary N) is 1. The van der Waals surface area contributed by atoms with E-state index >= 15 is 0 Å². The third-order valence-electron chi connectivity index (χ3n) is 3.81. The molecule has 0 saturated carbocycles. The SMILES string of the molecule is O=c1ccc2cc3ccc4[nH]cccc4c3nc2c1CO. The molecule has 0 bridgehead atoms. The van der Waals surface area contributed by atoms with Crippen molar-refractivity contribution in [3.05, 3.63) is 64.4 Å². The minimum Gasteiger partial charge on any atom is -0.391 e. The molecule has 4 rings (SSSR count). The maximum absolute atomic E-state index is 11.9. The molecule has 0 amide bonds. The maximum atomic E-state index is 11.9. The van der Waals surface area contributed by atoms with Crippen molar-refractivity contribution in [2.45, 2.75) is 6.61 Å². The van der Waals surface area contributed by atoms with Gasteiger partial charge < -0.3 is 10.1 Å². The lowest BCUT2D eigenvalue weighted by Crippen LogP contribution is -2.08. The normalized spacial score (nSPS) is 11.5. The van der Waals surface area contributed by atoms with Crippen LogP contribution in [0.3, 0.4) is 0 Å². The summed E-state index contributed by atoms with van der Waals surface area (Å²) in [5.74, 6) is 0. The van der Waals surface area contributed by atoms with Crippen LogP contribution in [-0.2, 0) is 6.61 Å². The number of pyridine rings is 2. The van der Waals surface area contributed by atoms with Gasteiger partial charge in [-0.3, -0.25) is 4.79 Å². The predicted octanol–water partition coefficient (Wildman–Crippen LogP) is 2.72. The minimum absolute atomic E-state index is 0.177. The number of H-pyrrole nitrogens is 1. The van der Waals surface area contributed by atoms with E-state index in [2.05, 4.69) is 9.97 Å². The highest BCUT2D eigenvalue weighted by atomic mass is 16.3. The van der Waals surface area contributed by atoms with Crippen molar-refractivity contribution in [2.75, 3.05) is 0 Å². The first kappa shape index (κ1) is 12.1. The molecule has 2 heterocycles. The molecule has 0 atom stereocenters. The van der Waals surface area contributed by atoms with Crippen molar-refractivity contribution in [2.24, 2.45) is 0 Å². The maximum Gasteiger partial charge on any atom is 0.186 e. The number of hydrogen-bond acceptors (Lipinski definition) is 3. The molecule has 4 nitrogen and oxygen atoms in total. The van der Waals surface area contributed by atoms with Gasteiger partial charge in [0.1, 0.15) is 0 Å². The van der Waals surface area contributed by atoms with Crippen LogP contribution in [0, 0.1) is 0 Å². The van der Waals surface area contributed by atoms with E-state index in [1.54, 1.807) is 6.07 Å². The van der Waals surface area contributed by atoms with Crippen molar-refractivity contribution < 1.29 is 5.11 Å². The van der Waals surface area contributed by atoms with Crippen LogP contribution in [0.25, 0.3) is 32.7 Å². The highest BCUT2D eigenvalue weighted by Gasteiger charge is 2.09. The molecule has 0 fully saturated rings. The zero-order chi connectivity index (χ0) is 14.4. The highest BCUT2D eigenvalue weighted by Crippen LogP contribution is 2.26. The van der Waals surface area contributed by atoms with Gasteiger partial charge in [-0.05, 0) is 36.4 Å². The summed E-state index contributed by atoms with van der Waals surface area (Å²) in [4.78, 5) is 19.7. The van der Waals surface area contributed by atoms with Crippen LogP contribution in [0.15, 0.2) is 53.5 Å². The standard InChI is InChI=1S/C17H12N2O2/c20-9-13-15(21)6-4-11-8-10-3-5-14-12(2-1-7-18-14)16(10)19-17(11)13/h1-8,18,20H,9H2. The Balaban J connectivity index is 2.25. The third kappa shape index (κ3) is 1.73. The monoisotopic (exact) mass is 276 g/mol. The fourth-order valence-corrected chi connectivity index (χ4v) is 2.76. The van der Waals surface area contributed by atoms with Gasteiger partial charge in [0.2, 0.25) is 0 Å². The molecule has 2 N–H and O–H groups in total. The van der Waals surface area contributed by atoms with E-state index in [-0.39, 0.29) is 12.0 Å². The lowest BCUT2D eigenvalue weighted by atomic mass is 10.0. The molecule has 21 heavy (non-hydrogen) atoms. The van der Waals surface area contributed by atoms with Gasteiger partial charge in [0.15, 0.2) is 5.43 Å². The first-order valence-electron chi connectivity index (χ1n) is 6.71. The van der Waals surface area contributed by atoms with E-state index in [1.807, 2.05) is 36.5 Å². The highest BCUT2D eigenvalue weighted by molar-refractivity contribution is 6.07. The van der Waals surface area contributed by atoms with E-state index in [1.165, 1.54) is 6.07 Å². The Bertz CT molecular complexity index is 1050. The van der Waals surface area contributed by atoms with E-state index in [4.69, 9.17) is 0 Å². The zero-order valence-electron chi connectivity index (χ0n) is 11.1. The Morgan fingerprint density at radius 3 is 2.71 bits per heavy atom. The first-order chi connectivity index (χ1) is 10.3. The Hall–Kier alpha value is -2.72. The number of aliphatic hydroxyl groups is 1. The van der Waals surface area contributed by atoms with Gasteiger partial charge in [-0.15, -0.1) is 0 Å². The average Bonchev–Trinajstić information content (AvgIpc) is 2.53. The number of aliphatic hydroxyl groups excluding tert-OH is 1. The second kappa shape index (κ2) is 4.40. The van der Waals surface area contributed by atoms with Gasteiger partial charge >= 0.3 is 0 Å². The van der Waals surface area contributed by atoms with Crippen molar-refractivity contribution in [3.63, 3.8) is 0 Å². The summed E-state index contributed by atoms with van der Waals surface area (Å²) in [6, 6.07) is 13.2. The number of aromatic nitrogens is 2. The second-order valence-corrected chi connectivity index (χ2v) is 5.03. The summed E-state index contributed by atoms with van der Waals surface area (Å²) >= 11 is 0. The quantitative estimate of drug-likeness (QED) is 0.415. The molecule has 2 aromatic heterocycles. The fraction of sp³-hybridized carbons (Fsp3) is 0.0588. The molecular formula is C17H12N2O2. The Morgan fingerprint density at radius 2 is 1.86 bits per heavy atom. The van der Waals surface area contributed by atoms with Crippen LogP contribution in [0.2, 0.25) is 0 Å². The van der Waals surface area contributed by atoms with Gasteiger partial charge in [0.05, 0.1) is 23.2 Å². The largest absolute Gasteiger partial charge is 0.391 e. The topological polar surface area (TPSA) is 66.0 Å². The van der Waals surface area contributed by atoms with Gasteiger partial charge in [0, 0.05) is 27.9 Å². The summed E-state index contributed by atoms with van der Waals surface area (Å²) in [6.45, 7) is -0.300. The predicted molar refractivity (Wildman–Crippen MR) is 83.3 cm³/mol. The summed E-state index contributed by atoms with van der Waals surface area (Å²) < 4.78 is 0. The number of rotatable bonds is 1. The summed E-state index contributed by atoms with van der Waals surface area (Å²) in [6.07, 6.45) is 1.87. The van der Waals surface area contributed by atoms with Gasteiger partial charge in [-0.25, -0.2) is 4.98 Å². The summed E-state index contributed by atoms with van der Waals surface area (Å²) in [5, 5.41) is 12.3. The lowest BCUT2D eigenvalue weighted by molar-refractivity contribution is 0.282. The van der Waals surface area contributed by atoms with Crippen LogP contribution in [-0.4, -0.2) is 15.1 Å². The average molecular weight is 276 g/mol. The van der Waals surface area contributed by atoms with Crippen LogP contribution >= 0.6 is 0 Å². The smallest absolute Gasteiger partial charge is 0.186 e. The number of aromatic amines is 1. The van der Waals surface area contributed by atoms with E-state index < -0.39 is 0 Å². The number of nitrogens with zero attached hydrogens (tertiary/aromatic N) is 1. The van der Waals surface area contributed by atoms with Crippen molar-refractivity contribution in [1.82, 2.24) is 9.97 Å². The second-order valence-electron chi connectivity index (χ2n) is 5.03. The van der Waals surface area contributed by atoms with Gasteiger partial charge in [-0.2, -0.15) is 0 Å². The van der Waals surface area contributed by atoms with E-state index in [9.17, 15) is 9.90 Å². The molecule has 0 saturated heterocycles. The van der Waals surface area contributed by atoms with Gasteiger partial charge in [-0.1, -0.05) is 6.07 Å². The van der Waals surface area contributed by atoms with Crippen molar-refractivity contribution in [1.29, 1.82) is 0 Å². The molecule has 0 spiro atoms. The number of hydrogen-bond donors (Lipinski definition) is 2. The molecule has 0 aliphatic rings. The number of fused-ring (bicyclic) bond motifs is 4. The minimum atomic E-state index is -0.300. The molecule has 2 aromatic carbocycles. The van der Waals surface area contributed by atoms with Gasteiger partial charge in [0.25, 0.3) is 0 Å². The van der Waals surface area contributed by atoms with E-state index in [0.29, 0.717) is 11.1 Å². The summed E-state index contributed by atoms with van der Waals surface area (Å²) in [7, 11) is 0. The molecule has 0 radical (unpaired) electrons. The summed E-state index contributed by atoms with van der Waals surface area (Å²) in [5.41, 5.74) is 2.57. The van der Waals surface area contributed by atoms with Crippen molar-refractivity contribution >= 4 is 32.7 Å². The molecule has 0 unspecified atom stereocenters. The molecular weight excluding hydrogens is 264 g/mol. The lowest BCUT2D eigenvalue weighted by Gasteiger charge is -2.07. The van der Waals surface area contributed by atoms with Crippen molar-refractivity contribution in [3.8, 4) is 0 Å². The molecule has 4 aromatic rings. The first-order valence-corrected chi connectivity index (χ1v) is 6.71. The molecule has 4 heteroatoms. The van der Waals surface area contributed by atoms with E-state index in [0.717, 1.165) is 27.2 Å². The van der Waals surface area contributed by atoms with Crippen LogP contribution < -0.4 is 5.43 Å². The third-order valence-corrected chi connectivity index (χ3v) is 3.81. The number of benzene rings is 2. The Morgan fingerprint density at radius 1 is 1.05 bits per heavy atom. The van der Waals surface area contributed by atoms with Crippen LogP contribution in [0.4, 0.5) is 0 Å². The molecule has 102 valence electrons. The zero-order valence-corrected chi connectivity index (χ0v) is 11.1. The van der Waals surface area contributed by atoms with Crippen LogP contribution in [0.1, 0.15) is 5.56 Å². The molecule has 0 aliphatic heterocycles.